The van der Waals surface area contributed by atoms with Crippen molar-refractivity contribution in [1.82, 2.24) is 5.32 Å². The summed E-state index contributed by atoms with van der Waals surface area (Å²) in [5, 5.41) is 2.73. The Morgan fingerprint density at radius 1 is 1.27 bits per heavy atom. The number of carbonyl (C=O) groups excluding carboxylic acids is 2. The molecule has 0 saturated heterocycles. The number of carbonyl (C=O) groups is 2. The van der Waals surface area contributed by atoms with E-state index in [1.807, 2.05) is 19.1 Å². The van der Waals surface area contributed by atoms with E-state index in [0.29, 0.717) is 12.1 Å². The molecule has 3 heteroatoms. The summed E-state index contributed by atoms with van der Waals surface area (Å²) in [6.07, 6.45) is 0. The van der Waals surface area contributed by atoms with Gasteiger partial charge in [0.25, 0.3) is 0 Å². The van der Waals surface area contributed by atoms with Crippen molar-refractivity contribution in [3.63, 3.8) is 0 Å². The van der Waals surface area contributed by atoms with Crippen molar-refractivity contribution in [2.24, 2.45) is 0 Å². The summed E-state index contributed by atoms with van der Waals surface area (Å²) in [5.41, 5.74) is 2.77. The van der Waals surface area contributed by atoms with Crippen molar-refractivity contribution < 1.29 is 9.59 Å². The second-order valence-electron chi connectivity index (χ2n) is 3.61. The van der Waals surface area contributed by atoms with E-state index in [4.69, 9.17) is 0 Å². The van der Waals surface area contributed by atoms with Crippen LogP contribution in [0.15, 0.2) is 18.2 Å². The molecule has 0 aliphatic carbocycles. The van der Waals surface area contributed by atoms with Gasteiger partial charge in [-0.05, 0) is 31.0 Å². The maximum absolute atomic E-state index is 11.1. The maximum Gasteiger partial charge on any atom is 0.217 e. The van der Waals surface area contributed by atoms with Gasteiger partial charge in [-0.1, -0.05) is 12.1 Å². The number of Topliss-reactive ketones (excluding diaryl/α,β-unsaturated/α-hetero) is 1. The molecule has 0 unspecified atom stereocenters. The second-order valence-corrected chi connectivity index (χ2v) is 3.61. The summed E-state index contributed by atoms with van der Waals surface area (Å²) in [5.74, 6) is 0.00854. The number of amides is 1. The zero-order valence-electron chi connectivity index (χ0n) is 9.26. The van der Waals surface area contributed by atoms with Gasteiger partial charge in [-0.2, -0.15) is 0 Å². The fourth-order valence-electron chi connectivity index (χ4n) is 1.33. The summed E-state index contributed by atoms with van der Waals surface area (Å²) in [6, 6.07) is 5.51. The molecule has 1 rings (SSSR count). The van der Waals surface area contributed by atoms with Crippen molar-refractivity contribution in [2.75, 3.05) is 0 Å². The van der Waals surface area contributed by atoms with Crippen LogP contribution in [-0.4, -0.2) is 11.7 Å². The maximum atomic E-state index is 11.1. The van der Waals surface area contributed by atoms with Crippen LogP contribution in [0.1, 0.15) is 35.3 Å². The lowest BCUT2D eigenvalue weighted by Gasteiger charge is -2.07. The Labute approximate surface area is 89.5 Å². The highest BCUT2D eigenvalue weighted by atomic mass is 16.1. The van der Waals surface area contributed by atoms with Crippen molar-refractivity contribution >= 4 is 11.7 Å². The molecule has 0 saturated carbocycles. The number of ketones is 1. The van der Waals surface area contributed by atoms with Crippen molar-refractivity contribution in [1.29, 1.82) is 0 Å². The molecule has 80 valence electrons. The standard InChI is InChI=1S/C12H15NO2/c1-8-6-11(9(2)14)4-5-12(8)7-13-10(3)15/h4-6H,7H2,1-3H3,(H,13,15). The molecule has 0 aromatic heterocycles. The molecule has 1 aromatic rings. The average molecular weight is 205 g/mol. The molecule has 0 aliphatic heterocycles. The van der Waals surface area contributed by atoms with Crippen molar-refractivity contribution in [3.8, 4) is 0 Å². The van der Waals surface area contributed by atoms with E-state index < -0.39 is 0 Å². The van der Waals surface area contributed by atoms with Crippen LogP contribution in [0.4, 0.5) is 0 Å². The Morgan fingerprint density at radius 3 is 2.40 bits per heavy atom. The van der Waals surface area contributed by atoms with Gasteiger partial charge in [-0.25, -0.2) is 0 Å². The predicted molar refractivity (Wildman–Crippen MR) is 58.7 cm³/mol. The molecular weight excluding hydrogens is 190 g/mol. The third kappa shape index (κ3) is 3.20. The van der Waals surface area contributed by atoms with E-state index in [1.165, 1.54) is 6.92 Å². The molecule has 1 amide bonds. The Balaban J connectivity index is 2.83. The topological polar surface area (TPSA) is 46.2 Å². The quantitative estimate of drug-likeness (QED) is 0.765. The van der Waals surface area contributed by atoms with Gasteiger partial charge in [-0.15, -0.1) is 0 Å². The smallest absolute Gasteiger partial charge is 0.217 e. The minimum absolute atomic E-state index is 0.0509. The molecule has 0 radical (unpaired) electrons. The van der Waals surface area contributed by atoms with E-state index in [2.05, 4.69) is 5.32 Å². The Morgan fingerprint density at radius 2 is 1.93 bits per heavy atom. The normalized spacial score (nSPS) is 9.80. The van der Waals surface area contributed by atoms with Crippen LogP contribution >= 0.6 is 0 Å². The van der Waals surface area contributed by atoms with Crippen molar-refractivity contribution in [3.05, 3.63) is 34.9 Å². The lowest BCUT2D eigenvalue weighted by Crippen LogP contribution is -2.19. The van der Waals surface area contributed by atoms with E-state index >= 15 is 0 Å². The zero-order chi connectivity index (χ0) is 11.4. The molecule has 0 bridgehead atoms. The highest BCUT2D eigenvalue weighted by Gasteiger charge is 2.03. The lowest BCUT2D eigenvalue weighted by atomic mass is 10.0. The number of aryl methyl sites for hydroxylation is 1. The summed E-state index contributed by atoms with van der Waals surface area (Å²) in [7, 11) is 0. The van der Waals surface area contributed by atoms with E-state index in [0.717, 1.165) is 11.1 Å². The summed E-state index contributed by atoms with van der Waals surface area (Å²) >= 11 is 0. The molecule has 0 heterocycles. The van der Waals surface area contributed by atoms with Gasteiger partial charge in [0.2, 0.25) is 5.91 Å². The number of nitrogens with one attached hydrogen (secondary N) is 1. The molecule has 0 aliphatic rings. The third-order valence-electron chi connectivity index (χ3n) is 2.28. The van der Waals surface area contributed by atoms with Crippen LogP contribution in [0.5, 0.6) is 0 Å². The van der Waals surface area contributed by atoms with E-state index in [1.54, 1.807) is 13.0 Å². The predicted octanol–water partition coefficient (Wildman–Crippen LogP) is 1.83. The largest absolute Gasteiger partial charge is 0.352 e. The zero-order valence-corrected chi connectivity index (χ0v) is 9.26. The van der Waals surface area contributed by atoms with Crippen molar-refractivity contribution in [2.45, 2.75) is 27.3 Å². The van der Waals surface area contributed by atoms with Gasteiger partial charge < -0.3 is 5.32 Å². The highest BCUT2D eigenvalue weighted by Crippen LogP contribution is 2.11. The van der Waals surface area contributed by atoms with Gasteiger partial charge in [0.1, 0.15) is 0 Å². The molecule has 0 spiro atoms. The molecule has 0 atom stereocenters. The van der Waals surface area contributed by atoms with Crippen LogP contribution in [0, 0.1) is 6.92 Å². The van der Waals surface area contributed by atoms with Gasteiger partial charge >= 0.3 is 0 Å². The lowest BCUT2D eigenvalue weighted by molar-refractivity contribution is -0.119. The minimum Gasteiger partial charge on any atom is -0.352 e. The number of hydrogen-bond donors (Lipinski definition) is 1. The van der Waals surface area contributed by atoms with E-state index in [-0.39, 0.29) is 11.7 Å². The molecule has 3 nitrogen and oxygen atoms in total. The highest BCUT2D eigenvalue weighted by molar-refractivity contribution is 5.94. The van der Waals surface area contributed by atoms with E-state index in [9.17, 15) is 9.59 Å². The first kappa shape index (κ1) is 11.4. The van der Waals surface area contributed by atoms with Crippen LogP contribution in [0.2, 0.25) is 0 Å². The van der Waals surface area contributed by atoms with Gasteiger partial charge in [-0.3, -0.25) is 9.59 Å². The molecule has 15 heavy (non-hydrogen) atoms. The van der Waals surface area contributed by atoms with Crippen LogP contribution in [-0.2, 0) is 11.3 Å². The molecule has 1 aromatic carbocycles. The molecular formula is C12H15NO2. The summed E-state index contributed by atoms with van der Waals surface area (Å²) < 4.78 is 0. The first-order valence-electron chi connectivity index (χ1n) is 4.85. The van der Waals surface area contributed by atoms with Crippen LogP contribution in [0.25, 0.3) is 0 Å². The second kappa shape index (κ2) is 4.73. The van der Waals surface area contributed by atoms with Gasteiger partial charge in [0.15, 0.2) is 5.78 Å². The Kier molecular flexibility index (Phi) is 3.61. The number of hydrogen-bond acceptors (Lipinski definition) is 2. The fraction of sp³-hybridized carbons (Fsp3) is 0.333. The Hall–Kier alpha value is -1.64. The monoisotopic (exact) mass is 205 g/mol. The van der Waals surface area contributed by atoms with Gasteiger partial charge in [0, 0.05) is 19.0 Å². The summed E-state index contributed by atoms with van der Waals surface area (Å²) in [6.45, 7) is 5.48. The third-order valence-corrected chi connectivity index (χ3v) is 2.28. The minimum atomic E-state index is -0.0509. The van der Waals surface area contributed by atoms with Crippen LogP contribution in [0.3, 0.4) is 0 Å². The molecule has 1 N–H and O–H groups in total. The SMILES string of the molecule is CC(=O)NCc1ccc(C(C)=O)cc1C. The molecule has 0 fully saturated rings. The average Bonchev–Trinajstić information content (AvgIpc) is 2.15. The van der Waals surface area contributed by atoms with Gasteiger partial charge in [0.05, 0.1) is 0 Å². The summed E-state index contributed by atoms with van der Waals surface area (Å²) in [4.78, 5) is 21.8. The Bertz CT molecular complexity index is 397. The first-order valence-corrected chi connectivity index (χ1v) is 4.85. The number of rotatable bonds is 3. The van der Waals surface area contributed by atoms with Crippen LogP contribution < -0.4 is 5.32 Å². The first-order chi connectivity index (χ1) is 7.00. The number of benzene rings is 1. The fourth-order valence-corrected chi connectivity index (χ4v) is 1.33.